The Balaban J connectivity index is 1.83. The molecule has 2 aromatic rings. The number of amides is 1. The Hall–Kier alpha value is -2.13. The molecule has 1 aliphatic carbocycles. The SMILES string of the molecule is Cc1ccc(C(=O)NC2c3ccccc3CC2O)cc1C. The number of hydrogen-bond acceptors (Lipinski definition) is 2. The number of benzene rings is 2. The number of aliphatic hydroxyl groups is 1. The summed E-state index contributed by atoms with van der Waals surface area (Å²) in [7, 11) is 0. The molecule has 2 unspecified atom stereocenters. The van der Waals surface area contributed by atoms with Crippen molar-refractivity contribution in [2.75, 3.05) is 0 Å². The summed E-state index contributed by atoms with van der Waals surface area (Å²) in [6.45, 7) is 4.01. The van der Waals surface area contributed by atoms with Crippen molar-refractivity contribution in [3.8, 4) is 0 Å². The van der Waals surface area contributed by atoms with E-state index in [1.54, 1.807) is 0 Å². The molecule has 0 fully saturated rings. The van der Waals surface area contributed by atoms with Crippen molar-refractivity contribution < 1.29 is 9.90 Å². The number of aryl methyl sites for hydroxylation is 2. The largest absolute Gasteiger partial charge is 0.390 e. The van der Waals surface area contributed by atoms with Gasteiger partial charge in [0.25, 0.3) is 5.91 Å². The molecule has 0 saturated carbocycles. The highest BCUT2D eigenvalue weighted by Crippen LogP contribution is 2.31. The van der Waals surface area contributed by atoms with E-state index in [9.17, 15) is 9.90 Å². The molecule has 2 N–H and O–H groups in total. The van der Waals surface area contributed by atoms with Crippen LogP contribution >= 0.6 is 0 Å². The minimum atomic E-state index is -0.558. The molecule has 0 spiro atoms. The van der Waals surface area contributed by atoms with Crippen LogP contribution in [0.3, 0.4) is 0 Å². The summed E-state index contributed by atoms with van der Waals surface area (Å²) in [5.74, 6) is -0.140. The number of fused-ring (bicyclic) bond motifs is 1. The smallest absolute Gasteiger partial charge is 0.251 e. The number of carbonyl (C=O) groups is 1. The first-order valence-electron chi connectivity index (χ1n) is 7.20. The molecule has 3 nitrogen and oxygen atoms in total. The molecule has 108 valence electrons. The van der Waals surface area contributed by atoms with Crippen LogP contribution in [0.25, 0.3) is 0 Å². The van der Waals surface area contributed by atoms with E-state index in [4.69, 9.17) is 0 Å². The maximum atomic E-state index is 12.4. The van der Waals surface area contributed by atoms with Crippen molar-refractivity contribution in [3.63, 3.8) is 0 Å². The number of hydrogen-bond donors (Lipinski definition) is 2. The average Bonchev–Trinajstić information content (AvgIpc) is 2.78. The van der Waals surface area contributed by atoms with Gasteiger partial charge in [-0.05, 0) is 48.2 Å². The van der Waals surface area contributed by atoms with Gasteiger partial charge in [-0.2, -0.15) is 0 Å². The van der Waals surface area contributed by atoms with E-state index in [1.165, 1.54) is 0 Å². The maximum absolute atomic E-state index is 12.4. The lowest BCUT2D eigenvalue weighted by atomic mass is 10.0. The lowest BCUT2D eigenvalue weighted by Gasteiger charge is -2.18. The molecule has 21 heavy (non-hydrogen) atoms. The van der Waals surface area contributed by atoms with Crippen LogP contribution in [0.15, 0.2) is 42.5 Å². The molecule has 0 aliphatic heterocycles. The molecule has 3 heteroatoms. The van der Waals surface area contributed by atoms with Gasteiger partial charge in [0.15, 0.2) is 0 Å². The van der Waals surface area contributed by atoms with E-state index in [1.807, 2.05) is 56.3 Å². The summed E-state index contributed by atoms with van der Waals surface area (Å²) < 4.78 is 0. The summed E-state index contributed by atoms with van der Waals surface area (Å²) in [4.78, 5) is 12.4. The fraction of sp³-hybridized carbons (Fsp3) is 0.278. The molecule has 0 aromatic heterocycles. The van der Waals surface area contributed by atoms with Crippen LogP contribution in [0.2, 0.25) is 0 Å². The third-order valence-corrected chi connectivity index (χ3v) is 4.26. The van der Waals surface area contributed by atoms with Gasteiger partial charge < -0.3 is 10.4 Å². The summed E-state index contributed by atoms with van der Waals surface area (Å²) in [5.41, 5.74) is 5.01. The summed E-state index contributed by atoms with van der Waals surface area (Å²) in [5, 5.41) is 13.1. The van der Waals surface area contributed by atoms with Crippen molar-refractivity contribution in [1.82, 2.24) is 5.32 Å². The maximum Gasteiger partial charge on any atom is 0.251 e. The molecule has 0 radical (unpaired) electrons. The van der Waals surface area contributed by atoms with Gasteiger partial charge in [-0.1, -0.05) is 30.3 Å². The third-order valence-electron chi connectivity index (χ3n) is 4.26. The zero-order chi connectivity index (χ0) is 15.0. The van der Waals surface area contributed by atoms with Gasteiger partial charge in [0.05, 0.1) is 12.1 Å². The Morgan fingerprint density at radius 2 is 1.90 bits per heavy atom. The van der Waals surface area contributed by atoms with Gasteiger partial charge in [0.2, 0.25) is 0 Å². The first-order chi connectivity index (χ1) is 10.1. The minimum Gasteiger partial charge on any atom is -0.390 e. The zero-order valence-corrected chi connectivity index (χ0v) is 12.3. The van der Waals surface area contributed by atoms with Crippen molar-refractivity contribution in [2.45, 2.75) is 32.4 Å². The predicted octanol–water partition coefficient (Wildman–Crippen LogP) is 2.69. The van der Waals surface area contributed by atoms with E-state index < -0.39 is 6.10 Å². The van der Waals surface area contributed by atoms with Crippen LogP contribution in [0.5, 0.6) is 0 Å². The van der Waals surface area contributed by atoms with Crippen molar-refractivity contribution in [2.24, 2.45) is 0 Å². The standard InChI is InChI=1S/C18H19NO2/c1-11-7-8-14(9-12(11)2)18(21)19-17-15-6-4-3-5-13(15)10-16(17)20/h3-9,16-17,20H,10H2,1-2H3,(H,19,21). The van der Waals surface area contributed by atoms with Crippen LogP contribution in [0, 0.1) is 13.8 Å². The quantitative estimate of drug-likeness (QED) is 0.889. The Bertz CT molecular complexity index is 693. The van der Waals surface area contributed by atoms with Crippen LogP contribution in [0.1, 0.15) is 38.7 Å². The Kier molecular flexibility index (Phi) is 3.52. The van der Waals surface area contributed by atoms with Crippen LogP contribution in [-0.2, 0) is 6.42 Å². The predicted molar refractivity (Wildman–Crippen MR) is 82.3 cm³/mol. The molecule has 0 bridgehead atoms. The van der Waals surface area contributed by atoms with E-state index in [0.717, 1.165) is 22.3 Å². The number of aliphatic hydroxyl groups excluding tert-OH is 1. The first kappa shape index (κ1) is 13.8. The second kappa shape index (κ2) is 5.34. The topological polar surface area (TPSA) is 49.3 Å². The molecule has 0 heterocycles. The summed E-state index contributed by atoms with van der Waals surface area (Å²) in [6, 6.07) is 13.2. The summed E-state index contributed by atoms with van der Waals surface area (Å²) >= 11 is 0. The molecular weight excluding hydrogens is 262 g/mol. The molecule has 1 aliphatic rings. The first-order valence-corrected chi connectivity index (χ1v) is 7.20. The van der Waals surface area contributed by atoms with Crippen molar-refractivity contribution in [3.05, 3.63) is 70.3 Å². The van der Waals surface area contributed by atoms with Gasteiger partial charge in [-0.3, -0.25) is 4.79 Å². The third kappa shape index (κ3) is 2.57. The Morgan fingerprint density at radius 3 is 2.67 bits per heavy atom. The fourth-order valence-electron chi connectivity index (χ4n) is 2.86. The van der Waals surface area contributed by atoms with Gasteiger partial charge in [-0.15, -0.1) is 0 Å². The van der Waals surface area contributed by atoms with Gasteiger partial charge in [0, 0.05) is 12.0 Å². The van der Waals surface area contributed by atoms with Crippen molar-refractivity contribution >= 4 is 5.91 Å². The molecule has 0 saturated heterocycles. The number of nitrogens with one attached hydrogen (secondary N) is 1. The van der Waals surface area contributed by atoms with Gasteiger partial charge >= 0.3 is 0 Å². The van der Waals surface area contributed by atoms with E-state index in [2.05, 4.69) is 5.32 Å². The fourth-order valence-corrected chi connectivity index (χ4v) is 2.86. The molecule has 1 amide bonds. The Labute approximate surface area is 124 Å². The molecular formula is C18H19NO2. The minimum absolute atomic E-state index is 0.140. The lowest BCUT2D eigenvalue weighted by Crippen LogP contribution is -2.33. The van der Waals surface area contributed by atoms with Gasteiger partial charge in [-0.25, -0.2) is 0 Å². The highest BCUT2D eigenvalue weighted by molar-refractivity contribution is 5.94. The average molecular weight is 281 g/mol. The van der Waals surface area contributed by atoms with Gasteiger partial charge in [0.1, 0.15) is 0 Å². The zero-order valence-electron chi connectivity index (χ0n) is 12.3. The monoisotopic (exact) mass is 281 g/mol. The molecule has 3 rings (SSSR count). The van der Waals surface area contributed by atoms with E-state index in [-0.39, 0.29) is 11.9 Å². The number of carbonyl (C=O) groups excluding carboxylic acids is 1. The highest BCUT2D eigenvalue weighted by atomic mass is 16.3. The van der Waals surface area contributed by atoms with Crippen molar-refractivity contribution in [1.29, 1.82) is 0 Å². The highest BCUT2D eigenvalue weighted by Gasteiger charge is 2.31. The second-order valence-corrected chi connectivity index (χ2v) is 5.72. The Morgan fingerprint density at radius 1 is 1.14 bits per heavy atom. The van der Waals surface area contributed by atoms with E-state index in [0.29, 0.717) is 12.0 Å². The normalized spacial score (nSPS) is 20.1. The van der Waals surface area contributed by atoms with Crippen LogP contribution in [0.4, 0.5) is 0 Å². The second-order valence-electron chi connectivity index (χ2n) is 5.72. The number of rotatable bonds is 2. The van der Waals surface area contributed by atoms with Crippen LogP contribution in [-0.4, -0.2) is 17.1 Å². The summed E-state index contributed by atoms with van der Waals surface area (Å²) in [6.07, 6.45) is 0.0338. The lowest BCUT2D eigenvalue weighted by molar-refractivity contribution is 0.0858. The van der Waals surface area contributed by atoms with Crippen LogP contribution < -0.4 is 5.32 Å². The van der Waals surface area contributed by atoms with E-state index >= 15 is 0 Å². The molecule has 2 atom stereocenters. The molecule has 2 aromatic carbocycles.